The third kappa shape index (κ3) is 2.46. The van der Waals surface area contributed by atoms with Crippen LogP contribution in [0.5, 0.6) is 0 Å². The van der Waals surface area contributed by atoms with Crippen LogP contribution in [0.2, 0.25) is 0 Å². The van der Waals surface area contributed by atoms with Gasteiger partial charge in [-0.1, -0.05) is 30.7 Å². The standard InChI is InChI=1S/C16H17N3O2/c1-17-15-10-9-14(19(20)21)16(18-15)13-8-3-2-7-12(13)11-5-4-6-11/h2-3,7-11H,4-6H2,1H3,(H,17,18). The van der Waals surface area contributed by atoms with E-state index in [2.05, 4.69) is 16.4 Å². The van der Waals surface area contributed by atoms with Gasteiger partial charge in [0.25, 0.3) is 5.69 Å². The normalized spacial score (nSPS) is 14.5. The number of hydrogen-bond donors (Lipinski definition) is 1. The van der Waals surface area contributed by atoms with Gasteiger partial charge in [-0.3, -0.25) is 10.1 Å². The van der Waals surface area contributed by atoms with Crippen molar-refractivity contribution in [1.82, 2.24) is 4.98 Å². The fourth-order valence-corrected chi connectivity index (χ4v) is 2.72. The summed E-state index contributed by atoms with van der Waals surface area (Å²) in [4.78, 5) is 15.4. The Kier molecular flexibility index (Phi) is 3.56. The van der Waals surface area contributed by atoms with Crippen molar-refractivity contribution in [3.8, 4) is 11.3 Å². The molecule has 1 saturated carbocycles. The molecule has 0 atom stereocenters. The summed E-state index contributed by atoms with van der Waals surface area (Å²) >= 11 is 0. The molecule has 1 heterocycles. The Hall–Kier alpha value is -2.43. The molecule has 0 radical (unpaired) electrons. The van der Waals surface area contributed by atoms with Crippen molar-refractivity contribution in [1.29, 1.82) is 0 Å². The molecule has 3 rings (SSSR count). The predicted octanol–water partition coefficient (Wildman–Crippen LogP) is 3.97. The summed E-state index contributed by atoms with van der Waals surface area (Å²) in [6, 6.07) is 11.1. The summed E-state index contributed by atoms with van der Waals surface area (Å²) in [6.07, 6.45) is 3.53. The van der Waals surface area contributed by atoms with Gasteiger partial charge in [0, 0.05) is 18.7 Å². The Labute approximate surface area is 123 Å². The van der Waals surface area contributed by atoms with Crippen molar-refractivity contribution in [2.24, 2.45) is 0 Å². The fourth-order valence-electron chi connectivity index (χ4n) is 2.72. The van der Waals surface area contributed by atoms with E-state index in [0.717, 1.165) is 18.4 Å². The number of anilines is 1. The van der Waals surface area contributed by atoms with Gasteiger partial charge in [0.2, 0.25) is 0 Å². The van der Waals surface area contributed by atoms with Gasteiger partial charge in [-0.15, -0.1) is 0 Å². The largest absolute Gasteiger partial charge is 0.373 e. The lowest BCUT2D eigenvalue weighted by Crippen LogP contribution is -2.10. The smallest absolute Gasteiger partial charge is 0.295 e. The van der Waals surface area contributed by atoms with Gasteiger partial charge in [0.15, 0.2) is 5.69 Å². The van der Waals surface area contributed by atoms with E-state index in [4.69, 9.17) is 0 Å². The topological polar surface area (TPSA) is 68.1 Å². The third-order valence-electron chi connectivity index (χ3n) is 4.09. The maximum absolute atomic E-state index is 11.3. The van der Waals surface area contributed by atoms with E-state index in [9.17, 15) is 10.1 Å². The SMILES string of the molecule is CNc1ccc([N+](=O)[O-])c(-c2ccccc2C2CCC2)n1. The monoisotopic (exact) mass is 283 g/mol. The Balaban J connectivity index is 2.17. The summed E-state index contributed by atoms with van der Waals surface area (Å²) < 4.78 is 0. The van der Waals surface area contributed by atoms with Gasteiger partial charge in [-0.05, 0) is 30.4 Å². The van der Waals surface area contributed by atoms with E-state index in [1.54, 1.807) is 13.1 Å². The first kappa shape index (κ1) is 13.5. The third-order valence-corrected chi connectivity index (χ3v) is 4.09. The highest BCUT2D eigenvalue weighted by Gasteiger charge is 2.26. The molecule has 0 bridgehead atoms. The first-order chi connectivity index (χ1) is 10.2. The Morgan fingerprint density at radius 1 is 1.24 bits per heavy atom. The number of rotatable bonds is 4. The van der Waals surface area contributed by atoms with E-state index < -0.39 is 0 Å². The Morgan fingerprint density at radius 3 is 2.62 bits per heavy atom. The van der Waals surface area contributed by atoms with Crippen molar-refractivity contribution in [2.45, 2.75) is 25.2 Å². The second-order valence-electron chi connectivity index (χ2n) is 5.29. The maximum Gasteiger partial charge on any atom is 0.295 e. The zero-order valence-corrected chi connectivity index (χ0v) is 11.9. The van der Waals surface area contributed by atoms with Crippen molar-refractivity contribution in [2.75, 3.05) is 12.4 Å². The van der Waals surface area contributed by atoms with Gasteiger partial charge < -0.3 is 5.32 Å². The van der Waals surface area contributed by atoms with Crippen molar-refractivity contribution < 1.29 is 4.92 Å². The lowest BCUT2D eigenvalue weighted by molar-refractivity contribution is -0.384. The van der Waals surface area contributed by atoms with Crippen molar-refractivity contribution >= 4 is 11.5 Å². The number of nitrogens with zero attached hydrogens (tertiary/aromatic N) is 2. The summed E-state index contributed by atoms with van der Waals surface area (Å²) in [5, 5.41) is 14.3. The van der Waals surface area contributed by atoms with Crippen LogP contribution in [-0.4, -0.2) is 17.0 Å². The van der Waals surface area contributed by atoms with Crippen LogP contribution in [0.1, 0.15) is 30.7 Å². The number of nitro groups is 1. The molecule has 1 aliphatic rings. The molecular weight excluding hydrogens is 266 g/mol. The van der Waals surface area contributed by atoms with Crippen LogP contribution < -0.4 is 5.32 Å². The summed E-state index contributed by atoms with van der Waals surface area (Å²) in [5.41, 5.74) is 2.56. The minimum absolute atomic E-state index is 0.0563. The van der Waals surface area contributed by atoms with Crippen molar-refractivity contribution in [3.63, 3.8) is 0 Å². The number of hydrogen-bond acceptors (Lipinski definition) is 4. The van der Waals surface area contributed by atoms with E-state index in [-0.39, 0.29) is 10.6 Å². The average molecular weight is 283 g/mol. The van der Waals surface area contributed by atoms with E-state index in [1.807, 2.05) is 18.2 Å². The second kappa shape index (κ2) is 5.52. The fraction of sp³-hybridized carbons (Fsp3) is 0.312. The number of nitrogens with one attached hydrogen (secondary N) is 1. The molecule has 0 unspecified atom stereocenters. The highest BCUT2D eigenvalue weighted by molar-refractivity contribution is 5.74. The average Bonchev–Trinajstić information content (AvgIpc) is 2.45. The molecule has 0 amide bonds. The minimum Gasteiger partial charge on any atom is -0.373 e. The quantitative estimate of drug-likeness (QED) is 0.681. The second-order valence-corrected chi connectivity index (χ2v) is 5.29. The minimum atomic E-state index is -0.362. The molecule has 1 aliphatic carbocycles. The lowest BCUT2D eigenvalue weighted by atomic mass is 9.77. The zero-order chi connectivity index (χ0) is 14.8. The Morgan fingerprint density at radius 2 is 2.00 bits per heavy atom. The van der Waals surface area contributed by atoms with Gasteiger partial charge in [-0.25, -0.2) is 4.98 Å². The van der Waals surface area contributed by atoms with E-state index in [1.165, 1.54) is 18.1 Å². The van der Waals surface area contributed by atoms with Gasteiger partial charge in [0.1, 0.15) is 5.82 Å². The molecule has 5 nitrogen and oxygen atoms in total. The summed E-state index contributed by atoms with van der Waals surface area (Å²) in [7, 11) is 1.76. The lowest BCUT2D eigenvalue weighted by Gasteiger charge is -2.27. The highest BCUT2D eigenvalue weighted by Crippen LogP contribution is 2.42. The van der Waals surface area contributed by atoms with Crippen molar-refractivity contribution in [3.05, 3.63) is 52.1 Å². The molecule has 1 fully saturated rings. The maximum atomic E-state index is 11.3. The molecule has 1 aromatic heterocycles. The molecule has 1 N–H and O–H groups in total. The first-order valence-electron chi connectivity index (χ1n) is 7.13. The number of aromatic nitrogens is 1. The van der Waals surface area contributed by atoms with Crippen LogP contribution in [-0.2, 0) is 0 Å². The molecule has 5 heteroatoms. The first-order valence-corrected chi connectivity index (χ1v) is 7.13. The Bertz CT molecular complexity index is 681. The van der Waals surface area contributed by atoms with Crippen LogP contribution in [0.25, 0.3) is 11.3 Å². The van der Waals surface area contributed by atoms with Gasteiger partial charge >= 0.3 is 0 Å². The van der Waals surface area contributed by atoms with Crippen LogP contribution in [0.15, 0.2) is 36.4 Å². The van der Waals surface area contributed by atoms with Crippen LogP contribution in [0.3, 0.4) is 0 Å². The van der Waals surface area contributed by atoms with E-state index in [0.29, 0.717) is 17.4 Å². The molecule has 1 aromatic carbocycles. The summed E-state index contributed by atoms with van der Waals surface area (Å²) in [5.74, 6) is 1.14. The van der Waals surface area contributed by atoms with Gasteiger partial charge in [-0.2, -0.15) is 0 Å². The predicted molar refractivity (Wildman–Crippen MR) is 82.5 cm³/mol. The zero-order valence-electron chi connectivity index (χ0n) is 11.9. The molecule has 0 saturated heterocycles. The molecule has 2 aromatic rings. The van der Waals surface area contributed by atoms with Crippen LogP contribution in [0, 0.1) is 10.1 Å². The molecule has 0 spiro atoms. The number of benzene rings is 1. The molecule has 21 heavy (non-hydrogen) atoms. The molecule has 108 valence electrons. The van der Waals surface area contributed by atoms with E-state index >= 15 is 0 Å². The summed E-state index contributed by atoms with van der Waals surface area (Å²) in [6.45, 7) is 0. The molecular formula is C16H17N3O2. The van der Waals surface area contributed by atoms with Gasteiger partial charge in [0.05, 0.1) is 4.92 Å². The van der Waals surface area contributed by atoms with Crippen LogP contribution >= 0.6 is 0 Å². The highest BCUT2D eigenvalue weighted by atomic mass is 16.6. The molecule has 0 aliphatic heterocycles. The number of pyridine rings is 1. The van der Waals surface area contributed by atoms with Crippen LogP contribution in [0.4, 0.5) is 11.5 Å².